The lowest BCUT2D eigenvalue weighted by molar-refractivity contribution is 0.423. The number of benzene rings is 3. The lowest BCUT2D eigenvalue weighted by atomic mass is 9.79. The van der Waals surface area contributed by atoms with Gasteiger partial charge in [-0.15, -0.1) is 0 Å². The van der Waals surface area contributed by atoms with E-state index in [2.05, 4.69) is 46.1 Å². The molecule has 1 aromatic heterocycles. The Morgan fingerprint density at radius 2 is 1.29 bits per heavy atom. The molecule has 0 atom stereocenters. The van der Waals surface area contributed by atoms with Crippen LogP contribution in [-0.2, 0) is 10.8 Å². The second-order valence-electron chi connectivity index (χ2n) is 10.2. The van der Waals surface area contributed by atoms with Crippen LogP contribution in [0.15, 0.2) is 60.7 Å². The minimum absolute atomic E-state index is 0.185. The maximum absolute atomic E-state index is 11.2. The van der Waals surface area contributed by atoms with E-state index < -0.39 is 0 Å². The van der Waals surface area contributed by atoms with Crippen molar-refractivity contribution in [2.24, 2.45) is 0 Å². The summed E-state index contributed by atoms with van der Waals surface area (Å²) >= 11 is 0. The fourth-order valence-corrected chi connectivity index (χ4v) is 4.02. The van der Waals surface area contributed by atoms with Crippen LogP contribution in [0.5, 0.6) is 11.5 Å². The highest BCUT2D eigenvalue weighted by molar-refractivity contribution is 5.84. The standard InChI is InChI=1S/C27H30N2O2/c1-26(2,3)19-15-17(16-20(24(19)31)27(4,5)6)29-22-13-9-8-12-21(22)28-25(29)18-11-7-10-14-23(18)30/h7-16,30-31H,1-6H3. The van der Waals surface area contributed by atoms with Gasteiger partial charge in [-0.25, -0.2) is 4.98 Å². The van der Waals surface area contributed by atoms with E-state index in [0.29, 0.717) is 17.1 Å². The lowest BCUT2D eigenvalue weighted by Gasteiger charge is -2.28. The van der Waals surface area contributed by atoms with Crippen LogP contribution in [0.3, 0.4) is 0 Å². The molecule has 0 fully saturated rings. The number of hydrogen-bond acceptors (Lipinski definition) is 3. The highest BCUT2D eigenvalue weighted by Gasteiger charge is 2.28. The van der Waals surface area contributed by atoms with E-state index in [-0.39, 0.29) is 16.6 Å². The van der Waals surface area contributed by atoms with Crippen LogP contribution < -0.4 is 0 Å². The van der Waals surface area contributed by atoms with Gasteiger partial charge >= 0.3 is 0 Å². The summed E-state index contributed by atoms with van der Waals surface area (Å²) in [7, 11) is 0. The van der Waals surface area contributed by atoms with Crippen LogP contribution in [0.2, 0.25) is 0 Å². The zero-order valence-electron chi connectivity index (χ0n) is 19.1. The van der Waals surface area contributed by atoms with Crippen LogP contribution in [0.4, 0.5) is 0 Å². The number of nitrogens with zero attached hydrogens (tertiary/aromatic N) is 2. The number of aromatic hydroxyl groups is 2. The summed E-state index contributed by atoms with van der Waals surface area (Å²) in [6.07, 6.45) is 0. The largest absolute Gasteiger partial charge is 0.507 e. The molecule has 4 aromatic rings. The number of phenols is 2. The van der Waals surface area contributed by atoms with E-state index >= 15 is 0 Å². The van der Waals surface area contributed by atoms with Crippen molar-refractivity contribution < 1.29 is 10.2 Å². The lowest BCUT2D eigenvalue weighted by Crippen LogP contribution is -2.18. The first-order valence-corrected chi connectivity index (χ1v) is 10.6. The van der Waals surface area contributed by atoms with Gasteiger partial charge in [-0.2, -0.15) is 0 Å². The smallest absolute Gasteiger partial charge is 0.149 e. The topological polar surface area (TPSA) is 58.3 Å². The Labute approximate surface area is 183 Å². The first-order chi connectivity index (χ1) is 14.5. The third kappa shape index (κ3) is 3.67. The van der Waals surface area contributed by atoms with E-state index in [1.165, 1.54) is 0 Å². The second kappa shape index (κ2) is 7.16. The second-order valence-corrected chi connectivity index (χ2v) is 10.2. The predicted molar refractivity (Wildman–Crippen MR) is 127 cm³/mol. The molecule has 0 radical (unpaired) electrons. The Kier molecular flexibility index (Phi) is 4.84. The van der Waals surface area contributed by atoms with E-state index in [1.54, 1.807) is 6.07 Å². The van der Waals surface area contributed by atoms with Crippen LogP contribution in [-0.4, -0.2) is 19.8 Å². The minimum Gasteiger partial charge on any atom is -0.507 e. The number of fused-ring (bicyclic) bond motifs is 1. The summed E-state index contributed by atoms with van der Waals surface area (Å²) in [6, 6.07) is 19.3. The van der Waals surface area contributed by atoms with Crippen molar-refractivity contribution in [1.29, 1.82) is 0 Å². The van der Waals surface area contributed by atoms with E-state index in [0.717, 1.165) is 27.8 Å². The van der Waals surface area contributed by atoms with Gasteiger partial charge in [0.15, 0.2) is 0 Å². The maximum Gasteiger partial charge on any atom is 0.149 e. The Bertz CT molecular complexity index is 1240. The molecule has 0 saturated heterocycles. The summed E-state index contributed by atoms with van der Waals surface area (Å²) in [6.45, 7) is 12.6. The number of rotatable bonds is 2. The van der Waals surface area contributed by atoms with Crippen molar-refractivity contribution >= 4 is 11.0 Å². The summed E-state index contributed by atoms with van der Waals surface area (Å²) in [5, 5.41) is 21.7. The molecule has 0 aliphatic carbocycles. The Morgan fingerprint density at radius 3 is 1.87 bits per heavy atom. The van der Waals surface area contributed by atoms with Gasteiger partial charge in [-0.1, -0.05) is 65.8 Å². The van der Waals surface area contributed by atoms with Crippen molar-refractivity contribution in [1.82, 2.24) is 9.55 Å². The van der Waals surface area contributed by atoms with E-state index in [4.69, 9.17) is 4.98 Å². The van der Waals surface area contributed by atoms with Crippen molar-refractivity contribution in [2.75, 3.05) is 0 Å². The third-order valence-corrected chi connectivity index (χ3v) is 5.67. The Balaban J connectivity index is 2.13. The van der Waals surface area contributed by atoms with Gasteiger partial charge in [0.05, 0.1) is 16.6 Å². The molecule has 0 saturated carbocycles. The molecule has 0 unspecified atom stereocenters. The molecule has 1 heterocycles. The number of hydrogen-bond donors (Lipinski definition) is 2. The van der Waals surface area contributed by atoms with E-state index in [9.17, 15) is 10.2 Å². The molecule has 0 aliphatic heterocycles. The van der Waals surface area contributed by atoms with Gasteiger partial charge in [0.2, 0.25) is 0 Å². The van der Waals surface area contributed by atoms with Crippen LogP contribution in [0.1, 0.15) is 52.7 Å². The highest BCUT2D eigenvalue weighted by atomic mass is 16.3. The monoisotopic (exact) mass is 414 g/mol. The number of aromatic nitrogens is 2. The molecule has 2 N–H and O–H groups in total. The molecule has 31 heavy (non-hydrogen) atoms. The number of phenolic OH excluding ortho intramolecular Hbond substituents is 2. The van der Waals surface area contributed by atoms with Crippen LogP contribution in [0.25, 0.3) is 28.1 Å². The Hall–Kier alpha value is -3.27. The van der Waals surface area contributed by atoms with E-state index in [1.807, 2.05) is 54.6 Å². The molecule has 4 rings (SSSR count). The molecule has 0 spiro atoms. The first kappa shape index (κ1) is 21.0. The summed E-state index contributed by atoms with van der Waals surface area (Å²) in [5.41, 5.74) is 4.67. The summed E-state index contributed by atoms with van der Waals surface area (Å²) in [5.74, 6) is 1.20. The molecule has 4 nitrogen and oxygen atoms in total. The molecule has 4 heteroatoms. The van der Waals surface area contributed by atoms with Gasteiger partial charge in [0, 0.05) is 16.8 Å². The maximum atomic E-state index is 11.2. The van der Waals surface area contributed by atoms with Gasteiger partial charge in [0.25, 0.3) is 0 Å². The number of imidazole rings is 1. The van der Waals surface area contributed by atoms with Crippen molar-refractivity contribution in [2.45, 2.75) is 52.4 Å². The SMILES string of the molecule is CC(C)(C)c1cc(-n2c(-c3ccccc3O)nc3ccccc32)cc(C(C)(C)C)c1O. The average Bonchev–Trinajstić information content (AvgIpc) is 3.06. The van der Waals surface area contributed by atoms with Gasteiger partial charge in [-0.3, -0.25) is 4.57 Å². The first-order valence-electron chi connectivity index (χ1n) is 10.6. The summed E-state index contributed by atoms with van der Waals surface area (Å²) < 4.78 is 2.08. The van der Waals surface area contributed by atoms with Crippen molar-refractivity contribution in [3.8, 4) is 28.6 Å². The zero-order valence-corrected chi connectivity index (χ0v) is 19.1. The Morgan fingerprint density at radius 1 is 0.742 bits per heavy atom. The van der Waals surface area contributed by atoms with Gasteiger partial charge < -0.3 is 10.2 Å². The summed E-state index contributed by atoms with van der Waals surface area (Å²) in [4.78, 5) is 4.87. The third-order valence-electron chi connectivity index (χ3n) is 5.67. The molecule has 0 aliphatic rings. The fraction of sp³-hybridized carbons (Fsp3) is 0.296. The normalized spacial score (nSPS) is 12.5. The zero-order chi connectivity index (χ0) is 22.6. The predicted octanol–water partition coefficient (Wildman–Crippen LogP) is 6.70. The fourth-order valence-electron chi connectivity index (χ4n) is 4.02. The van der Waals surface area contributed by atoms with Crippen molar-refractivity contribution in [3.05, 3.63) is 71.8 Å². The van der Waals surface area contributed by atoms with Gasteiger partial charge in [0.1, 0.15) is 17.3 Å². The van der Waals surface area contributed by atoms with Crippen LogP contribution >= 0.6 is 0 Å². The molecule has 3 aromatic carbocycles. The highest BCUT2D eigenvalue weighted by Crippen LogP contribution is 2.42. The molecular formula is C27H30N2O2. The quantitative estimate of drug-likeness (QED) is 0.384. The molecule has 0 amide bonds. The number of para-hydroxylation sites is 3. The molecular weight excluding hydrogens is 384 g/mol. The molecule has 0 bridgehead atoms. The minimum atomic E-state index is -0.245. The van der Waals surface area contributed by atoms with Gasteiger partial charge in [-0.05, 0) is 47.2 Å². The van der Waals surface area contributed by atoms with Crippen molar-refractivity contribution in [3.63, 3.8) is 0 Å². The van der Waals surface area contributed by atoms with Crippen LogP contribution in [0, 0.1) is 0 Å². The molecule has 160 valence electrons. The average molecular weight is 415 g/mol.